The van der Waals surface area contributed by atoms with Crippen molar-refractivity contribution in [2.75, 3.05) is 13.6 Å². The molecule has 6 heteroatoms. The fraction of sp³-hybridized carbons (Fsp3) is 0.462. The van der Waals surface area contributed by atoms with Crippen molar-refractivity contribution in [2.45, 2.75) is 26.4 Å². The Hall–Kier alpha value is -1.95. The van der Waals surface area contributed by atoms with E-state index >= 15 is 0 Å². The zero-order valence-corrected chi connectivity index (χ0v) is 11.4. The lowest BCUT2D eigenvalue weighted by Crippen LogP contribution is -2.38. The summed E-state index contributed by atoms with van der Waals surface area (Å²) in [4.78, 5) is 23.8. The minimum absolute atomic E-state index is 0.0821. The highest BCUT2D eigenvalue weighted by Crippen LogP contribution is 2.18. The van der Waals surface area contributed by atoms with Gasteiger partial charge in [-0.15, -0.1) is 0 Å². The number of nitro benzene ring substituents is 1. The first-order chi connectivity index (χ1) is 8.90. The maximum Gasteiger partial charge on any atom is 0.273 e. The molecule has 0 atom stereocenters. The molecule has 1 N–H and O–H groups in total. The van der Waals surface area contributed by atoms with Gasteiger partial charge in [0.15, 0.2) is 0 Å². The molecule has 1 aromatic carbocycles. The number of hydrogen-bond donors (Lipinski definition) is 1. The third-order valence-electron chi connectivity index (χ3n) is 2.49. The minimum atomic E-state index is -0.405. The number of nitrogens with zero attached hydrogens (tertiary/aromatic N) is 2. The van der Waals surface area contributed by atoms with E-state index in [1.54, 1.807) is 30.1 Å². The van der Waals surface area contributed by atoms with Crippen LogP contribution in [0.15, 0.2) is 24.3 Å². The number of likely N-dealkylation sites (N-methyl/N-ethyl adjacent to an activating group) is 1. The summed E-state index contributed by atoms with van der Waals surface area (Å²) in [5.41, 5.74) is 0.686. The molecule has 0 bridgehead atoms. The van der Waals surface area contributed by atoms with Crippen LogP contribution in [0, 0.1) is 10.1 Å². The quantitative estimate of drug-likeness (QED) is 0.625. The maximum absolute atomic E-state index is 11.6. The highest BCUT2D eigenvalue weighted by Gasteiger charge is 2.15. The molecular formula is C13H19N3O3. The summed E-state index contributed by atoms with van der Waals surface area (Å²) in [5, 5.41) is 13.7. The molecule has 1 rings (SSSR count). The molecule has 1 amide bonds. The average Bonchev–Trinajstić information content (AvgIpc) is 2.27. The van der Waals surface area contributed by atoms with Gasteiger partial charge in [0.05, 0.1) is 11.5 Å². The van der Waals surface area contributed by atoms with E-state index in [1.807, 2.05) is 13.8 Å². The summed E-state index contributed by atoms with van der Waals surface area (Å²) in [6.07, 6.45) is 0. The largest absolute Gasteiger partial charge is 0.353 e. The highest BCUT2D eigenvalue weighted by atomic mass is 16.6. The fourth-order valence-electron chi connectivity index (χ4n) is 1.78. The maximum atomic E-state index is 11.6. The first-order valence-electron chi connectivity index (χ1n) is 6.10. The van der Waals surface area contributed by atoms with Crippen LogP contribution in [-0.2, 0) is 11.3 Å². The molecule has 0 heterocycles. The van der Waals surface area contributed by atoms with E-state index in [2.05, 4.69) is 5.32 Å². The Morgan fingerprint density at radius 3 is 2.63 bits per heavy atom. The molecule has 0 saturated carbocycles. The zero-order chi connectivity index (χ0) is 14.4. The van der Waals surface area contributed by atoms with Gasteiger partial charge in [0, 0.05) is 24.2 Å². The molecule has 0 fully saturated rings. The van der Waals surface area contributed by atoms with Crippen LogP contribution < -0.4 is 5.32 Å². The van der Waals surface area contributed by atoms with Crippen molar-refractivity contribution in [2.24, 2.45) is 0 Å². The summed E-state index contributed by atoms with van der Waals surface area (Å²) < 4.78 is 0. The predicted molar refractivity (Wildman–Crippen MR) is 72.7 cm³/mol. The predicted octanol–water partition coefficient (Wildman–Crippen LogP) is 1.55. The zero-order valence-electron chi connectivity index (χ0n) is 11.4. The molecule has 0 radical (unpaired) electrons. The number of benzene rings is 1. The lowest BCUT2D eigenvalue weighted by Gasteiger charge is -2.17. The van der Waals surface area contributed by atoms with Crippen LogP contribution in [0.3, 0.4) is 0 Å². The molecular weight excluding hydrogens is 246 g/mol. The Balaban J connectivity index is 2.64. The molecule has 0 aliphatic rings. The second-order valence-electron chi connectivity index (χ2n) is 4.78. The lowest BCUT2D eigenvalue weighted by molar-refractivity contribution is -0.385. The molecule has 104 valence electrons. The van der Waals surface area contributed by atoms with Crippen molar-refractivity contribution < 1.29 is 9.72 Å². The van der Waals surface area contributed by atoms with Gasteiger partial charge in [-0.25, -0.2) is 0 Å². The Bertz CT molecular complexity index is 460. The Labute approximate surface area is 112 Å². The van der Waals surface area contributed by atoms with Crippen molar-refractivity contribution in [1.82, 2.24) is 10.2 Å². The van der Waals surface area contributed by atoms with Crippen LogP contribution in [-0.4, -0.2) is 35.4 Å². The van der Waals surface area contributed by atoms with E-state index in [0.29, 0.717) is 12.1 Å². The van der Waals surface area contributed by atoms with Crippen molar-refractivity contribution in [3.8, 4) is 0 Å². The van der Waals surface area contributed by atoms with Crippen LogP contribution in [0.2, 0.25) is 0 Å². The van der Waals surface area contributed by atoms with E-state index < -0.39 is 4.92 Å². The SMILES string of the molecule is CC(C)NC(=O)CN(C)Cc1ccccc1[N+](=O)[O-]. The Kier molecular flexibility index (Phi) is 5.44. The molecule has 19 heavy (non-hydrogen) atoms. The molecule has 0 saturated heterocycles. The first-order valence-corrected chi connectivity index (χ1v) is 6.10. The van der Waals surface area contributed by atoms with Crippen LogP contribution in [0.1, 0.15) is 19.4 Å². The fourth-order valence-corrected chi connectivity index (χ4v) is 1.78. The normalized spacial score (nSPS) is 10.8. The van der Waals surface area contributed by atoms with Gasteiger partial charge < -0.3 is 5.32 Å². The molecule has 0 unspecified atom stereocenters. The lowest BCUT2D eigenvalue weighted by atomic mass is 10.1. The third-order valence-corrected chi connectivity index (χ3v) is 2.49. The Morgan fingerprint density at radius 2 is 2.05 bits per heavy atom. The topological polar surface area (TPSA) is 75.5 Å². The van der Waals surface area contributed by atoms with Gasteiger partial charge in [0.25, 0.3) is 5.69 Å². The highest BCUT2D eigenvalue weighted by molar-refractivity contribution is 5.78. The summed E-state index contributed by atoms with van der Waals surface area (Å²) in [5.74, 6) is -0.0870. The van der Waals surface area contributed by atoms with Crippen LogP contribution in [0.4, 0.5) is 5.69 Å². The van der Waals surface area contributed by atoms with Gasteiger partial charge in [-0.1, -0.05) is 18.2 Å². The average molecular weight is 265 g/mol. The number of hydrogen-bond acceptors (Lipinski definition) is 4. The first kappa shape index (κ1) is 15.1. The van der Waals surface area contributed by atoms with Crippen LogP contribution in [0.5, 0.6) is 0 Å². The van der Waals surface area contributed by atoms with Gasteiger partial charge >= 0.3 is 0 Å². The van der Waals surface area contributed by atoms with Crippen LogP contribution in [0.25, 0.3) is 0 Å². The number of amides is 1. The smallest absolute Gasteiger partial charge is 0.273 e. The van der Waals surface area contributed by atoms with Crippen molar-refractivity contribution in [3.05, 3.63) is 39.9 Å². The monoisotopic (exact) mass is 265 g/mol. The van der Waals surface area contributed by atoms with E-state index in [-0.39, 0.29) is 24.2 Å². The molecule has 0 aliphatic heterocycles. The summed E-state index contributed by atoms with van der Waals surface area (Å²) in [6, 6.07) is 6.65. The van der Waals surface area contributed by atoms with Crippen molar-refractivity contribution in [3.63, 3.8) is 0 Å². The van der Waals surface area contributed by atoms with Gasteiger partial charge in [0.1, 0.15) is 0 Å². The summed E-state index contributed by atoms with van der Waals surface area (Å²) in [7, 11) is 1.76. The van der Waals surface area contributed by atoms with E-state index in [9.17, 15) is 14.9 Å². The number of carbonyl (C=O) groups is 1. The molecule has 0 aliphatic carbocycles. The third kappa shape index (κ3) is 5.05. The molecule has 1 aromatic rings. The second-order valence-corrected chi connectivity index (χ2v) is 4.78. The summed E-state index contributed by atoms with van der Waals surface area (Å²) in [6.45, 7) is 4.35. The van der Waals surface area contributed by atoms with Gasteiger partial charge in [-0.3, -0.25) is 19.8 Å². The second kappa shape index (κ2) is 6.84. The van der Waals surface area contributed by atoms with Gasteiger partial charge in [-0.2, -0.15) is 0 Å². The van der Waals surface area contributed by atoms with Crippen molar-refractivity contribution in [1.29, 1.82) is 0 Å². The van der Waals surface area contributed by atoms with E-state index in [4.69, 9.17) is 0 Å². The van der Waals surface area contributed by atoms with Gasteiger partial charge in [-0.05, 0) is 20.9 Å². The van der Waals surface area contributed by atoms with Gasteiger partial charge in [0.2, 0.25) is 5.91 Å². The minimum Gasteiger partial charge on any atom is -0.353 e. The number of nitrogens with one attached hydrogen (secondary N) is 1. The molecule has 0 spiro atoms. The number of nitro groups is 1. The molecule has 0 aromatic heterocycles. The standard InChI is InChI=1S/C13H19N3O3/c1-10(2)14-13(17)9-15(3)8-11-6-4-5-7-12(11)16(18)19/h4-7,10H,8-9H2,1-3H3,(H,14,17). The Morgan fingerprint density at radius 1 is 1.42 bits per heavy atom. The van der Waals surface area contributed by atoms with Crippen molar-refractivity contribution >= 4 is 11.6 Å². The number of carbonyl (C=O) groups excluding carboxylic acids is 1. The summed E-state index contributed by atoms with van der Waals surface area (Å²) >= 11 is 0. The number of rotatable bonds is 6. The van der Waals surface area contributed by atoms with E-state index in [1.165, 1.54) is 6.07 Å². The number of para-hydroxylation sites is 1. The molecule has 6 nitrogen and oxygen atoms in total. The van der Waals surface area contributed by atoms with Crippen LogP contribution >= 0.6 is 0 Å². The van der Waals surface area contributed by atoms with E-state index in [0.717, 1.165) is 0 Å².